The summed E-state index contributed by atoms with van der Waals surface area (Å²) in [5, 5.41) is 4.91. The Bertz CT molecular complexity index is 751. The number of carbonyl (C=O) groups excluding carboxylic acids is 1. The van der Waals surface area contributed by atoms with Crippen molar-refractivity contribution >= 4 is 35.3 Å². The van der Waals surface area contributed by atoms with Gasteiger partial charge in [0.25, 0.3) is 0 Å². The van der Waals surface area contributed by atoms with Crippen LogP contribution in [0.2, 0.25) is 10.0 Å². The second-order valence-electron chi connectivity index (χ2n) is 5.10. The summed E-state index contributed by atoms with van der Waals surface area (Å²) >= 11 is 11.8. The van der Waals surface area contributed by atoms with Crippen LogP contribution in [-0.4, -0.2) is 25.8 Å². The molecule has 0 spiro atoms. The Labute approximate surface area is 156 Å². The van der Waals surface area contributed by atoms with E-state index in [0.717, 1.165) is 11.3 Å². The molecule has 0 saturated heterocycles. The number of nitrogens with one attached hydrogen (secondary N) is 1. The fourth-order valence-electron chi connectivity index (χ4n) is 1.96. The van der Waals surface area contributed by atoms with Gasteiger partial charge in [0.15, 0.2) is 0 Å². The standard InChI is InChI=1S/C18H18Cl2N2O3/c1-24-15-5-2-4-13(10-15)12-21-22-18(23)6-3-9-25-17-8-7-14(19)11-16(17)20/h2,4-5,7-8,10-12H,3,6,9H2,1H3,(H,22,23)/b21-12+. The highest BCUT2D eigenvalue weighted by Gasteiger charge is 2.04. The van der Waals surface area contributed by atoms with E-state index in [1.54, 1.807) is 31.5 Å². The van der Waals surface area contributed by atoms with Gasteiger partial charge in [-0.3, -0.25) is 4.79 Å². The second kappa shape index (κ2) is 9.91. The first-order valence-electron chi connectivity index (χ1n) is 7.62. The van der Waals surface area contributed by atoms with Gasteiger partial charge < -0.3 is 9.47 Å². The molecule has 0 heterocycles. The van der Waals surface area contributed by atoms with Crippen LogP contribution in [0.25, 0.3) is 0 Å². The molecule has 132 valence electrons. The Morgan fingerprint density at radius 1 is 1.24 bits per heavy atom. The minimum atomic E-state index is -0.190. The van der Waals surface area contributed by atoms with E-state index >= 15 is 0 Å². The summed E-state index contributed by atoms with van der Waals surface area (Å²) in [6.07, 6.45) is 2.39. The maximum atomic E-state index is 11.7. The molecule has 7 heteroatoms. The van der Waals surface area contributed by atoms with Crippen molar-refractivity contribution in [1.82, 2.24) is 5.43 Å². The average Bonchev–Trinajstić information content (AvgIpc) is 2.60. The Morgan fingerprint density at radius 2 is 2.08 bits per heavy atom. The summed E-state index contributed by atoms with van der Waals surface area (Å²) < 4.78 is 10.6. The minimum Gasteiger partial charge on any atom is -0.497 e. The van der Waals surface area contributed by atoms with Gasteiger partial charge in [0.1, 0.15) is 11.5 Å². The molecule has 2 rings (SSSR count). The Morgan fingerprint density at radius 3 is 2.84 bits per heavy atom. The third-order valence-electron chi connectivity index (χ3n) is 3.20. The van der Waals surface area contributed by atoms with Gasteiger partial charge in [-0.1, -0.05) is 35.3 Å². The quantitative estimate of drug-likeness (QED) is 0.421. The van der Waals surface area contributed by atoms with Crippen molar-refractivity contribution < 1.29 is 14.3 Å². The molecule has 0 bridgehead atoms. The van der Waals surface area contributed by atoms with Gasteiger partial charge in [-0.25, -0.2) is 5.43 Å². The maximum absolute atomic E-state index is 11.7. The van der Waals surface area contributed by atoms with Gasteiger partial charge in [-0.05, 0) is 42.3 Å². The molecule has 0 aliphatic rings. The number of hydrazone groups is 1. The van der Waals surface area contributed by atoms with Crippen molar-refractivity contribution in [2.45, 2.75) is 12.8 Å². The zero-order valence-electron chi connectivity index (χ0n) is 13.7. The van der Waals surface area contributed by atoms with Crippen LogP contribution in [-0.2, 0) is 4.79 Å². The first kappa shape index (κ1) is 19.1. The number of halogens is 2. The van der Waals surface area contributed by atoms with Gasteiger partial charge in [-0.2, -0.15) is 5.10 Å². The zero-order valence-corrected chi connectivity index (χ0v) is 15.2. The minimum absolute atomic E-state index is 0.190. The molecule has 25 heavy (non-hydrogen) atoms. The molecule has 0 aliphatic carbocycles. The molecule has 0 unspecified atom stereocenters. The van der Waals surface area contributed by atoms with Gasteiger partial charge >= 0.3 is 0 Å². The van der Waals surface area contributed by atoms with Crippen molar-refractivity contribution in [2.24, 2.45) is 5.10 Å². The zero-order chi connectivity index (χ0) is 18.1. The van der Waals surface area contributed by atoms with Crippen LogP contribution in [0.15, 0.2) is 47.6 Å². The molecule has 0 saturated carbocycles. The molecule has 1 N–H and O–H groups in total. The van der Waals surface area contributed by atoms with E-state index in [1.807, 2.05) is 24.3 Å². The molecule has 0 aliphatic heterocycles. The van der Waals surface area contributed by atoms with E-state index < -0.39 is 0 Å². The molecule has 0 aromatic heterocycles. The summed E-state index contributed by atoms with van der Waals surface area (Å²) in [6.45, 7) is 0.369. The molecule has 2 aromatic rings. The van der Waals surface area contributed by atoms with Crippen LogP contribution in [0.5, 0.6) is 11.5 Å². The van der Waals surface area contributed by atoms with Crippen LogP contribution >= 0.6 is 23.2 Å². The topological polar surface area (TPSA) is 59.9 Å². The lowest BCUT2D eigenvalue weighted by Crippen LogP contribution is -2.18. The SMILES string of the molecule is COc1cccc(/C=N/NC(=O)CCCOc2ccc(Cl)cc2Cl)c1. The molecule has 2 aromatic carbocycles. The molecule has 0 atom stereocenters. The first-order valence-corrected chi connectivity index (χ1v) is 8.38. The van der Waals surface area contributed by atoms with Crippen LogP contribution in [0.4, 0.5) is 0 Å². The largest absolute Gasteiger partial charge is 0.497 e. The number of methoxy groups -OCH3 is 1. The summed E-state index contributed by atoms with van der Waals surface area (Å²) in [7, 11) is 1.59. The fraction of sp³-hybridized carbons (Fsp3) is 0.222. The molecule has 1 amide bonds. The van der Waals surface area contributed by atoms with Gasteiger partial charge in [0.05, 0.1) is 25.0 Å². The van der Waals surface area contributed by atoms with Crippen molar-refractivity contribution in [2.75, 3.05) is 13.7 Å². The Hall–Kier alpha value is -2.24. The van der Waals surface area contributed by atoms with E-state index in [9.17, 15) is 4.79 Å². The summed E-state index contributed by atoms with van der Waals surface area (Å²) in [5.74, 6) is 1.08. The molecule has 0 radical (unpaired) electrons. The Kier molecular flexibility index (Phi) is 7.57. The van der Waals surface area contributed by atoms with Crippen molar-refractivity contribution in [3.63, 3.8) is 0 Å². The predicted octanol–water partition coefficient (Wildman–Crippen LogP) is 4.31. The van der Waals surface area contributed by atoms with Crippen molar-refractivity contribution in [3.05, 3.63) is 58.1 Å². The van der Waals surface area contributed by atoms with Gasteiger partial charge in [0, 0.05) is 11.4 Å². The normalized spacial score (nSPS) is 10.7. The van der Waals surface area contributed by atoms with Crippen LogP contribution in [0.3, 0.4) is 0 Å². The summed E-state index contributed by atoms with van der Waals surface area (Å²) in [6, 6.07) is 12.4. The highest BCUT2D eigenvalue weighted by atomic mass is 35.5. The van der Waals surface area contributed by atoms with Gasteiger partial charge in [0.2, 0.25) is 5.91 Å². The number of amides is 1. The maximum Gasteiger partial charge on any atom is 0.240 e. The molecular formula is C18H18Cl2N2O3. The van der Waals surface area contributed by atoms with E-state index in [1.165, 1.54) is 0 Å². The predicted molar refractivity (Wildman–Crippen MR) is 99.9 cm³/mol. The number of hydrogen-bond donors (Lipinski definition) is 1. The van der Waals surface area contributed by atoms with E-state index in [-0.39, 0.29) is 5.91 Å². The molecule has 5 nitrogen and oxygen atoms in total. The Balaban J connectivity index is 1.69. The molecular weight excluding hydrogens is 363 g/mol. The number of ether oxygens (including phenoxy) is 2. The summed E-state index contributed by atoms with van der Waals surface area (Å²) in [4.78, 5) is 11.7. The highest BCUT2D eigenvalue weighted by Crippen LogP contribution is 2.27. The highest BCUT2D eigenvalue weighted by molar-refractivity contribution is 6.35. The van der Waals surface area contributed by atoms with Crippen LogP contribution in [0, 0.1) is 0 Å². The monoisotopic (exact) mass is 380 g/mol. The van der Waals surface area contributed by atoms with Crippen LogP contribution < -0.4 is 14.9 Å². The average molecular weight is 381 g/mol. The number of carbonyl (C=O) groups is 1. The first-order chi connectivity index (χ1) is 12.1. The van der Waals surface area contributed by atoms with E-state index in [4.69, 9.17) is 32.7 Å². The second-order valence-corrected chi connectivity index (χ2v) is 5.94. The fourth-order valence-corrected chi connectivity index (χ4v) is 2.43. The lowest BCUT2D eigenvalue weighted by molar-refractivity contribution is -0.121. The number of hydrogen-bond acceptors (Lipinski definition) is 4. The van der Waals surface area contributed by atoms with Crippen molar-refractivity contribution in [3.8, 4) is 11.5 Å². The lowest BCUT2D eigenvalue weighted by atomic mass is 10.2. The lowest BCUT2D eigenvalue weighted by Gasteiger charge is -2.07. The smallest absolute Gasteiger partial charge is 0.240 e. The van der Waals surface area contributed by atoms with Gasteiger partial charge in [-0.15, -0.1) is 0 Å². The third kappa shape index (κ3) is 6.64. The molecule has 0 fully saturated rings. The van der Waals surface area contributed by atoms with Crippen LogP contribution in [0.1, 0.15) is 18.4 Å². The van der Waals surface area contributed by atoms with E-state index in [2.05, 4.69) is 10.5 Å². The van der Waals surface area contributed by atoms with E-state index in [0.29, 0.717) is 35.2 Å². The number of benzene rings is 2. The summed E-state index contributed by atoms with van der Waals surface area (Å²) in [5.41, 5.74) is 3.31. The van der Waals surface area contributed by atoms with Crippen molar-refractivity contribution in [1.29, 1.82) is 0 Å². The number of nitrogens with zero attached hydrogens (tertiary/aromatic N) is 1. The third-order valence-corrected chi connectivity index (χ3v) is 3.73. The number of rotatable bonds is 8.